The van der Waals surface area contributed by atoms with Gasteiger partial charge in [0.2, 0.25) is 5.91 Å². The fourth-order valence-electron chi connectivity index (χ4n) is 1.57. The molecule has 0 aromatic heterocycles. The summed E-state index contributed by atoms with van der Waals surface area (Å²) in [6.45, 7) is 6.08. The SMILES string of the molecule is CC(NCCCN)C(=O)N1CCOCC1. The molecule has 0 spiro atoms. The first-order chi connectivity index (χ1) is 7.25. The van der Waals surface area contributed by atoms with Crippen molar-refractivity contribution in [3.63, 3.8) is 0 Å². The quantitative estimate of drug-likeness (QED) is 0.588. The van der Waals surface area contributed by atoms with E-state index in [1.807, 2.05) is 11.8 Å². The van der Waals surface area contributed by atoms with Gasteiger partial charge in [0.1, 0.15) is 0 Å². The monoisotopic (exact) mass is 215 g/mol. The molecular formula is C10H21N3O2. The Kier molecular flexibility index (Phi) is 5.60. The molecule has 1 heterocycles. The van der Waals surface area contributed by atoms with Crippen molar-refractivity contribution in [1.82, 2.24) is 10.2 Å². The van der Waals surface area contributed by atoms with Crippen LogP contribution in [0.25, 0.3) is 0 Å². The van der Waals surface area contributed by atoms with Gasteiger partial charge in [-0.1, -0.05) is 0 Å². The van der Waals surface area contributed by atoms with Crippen LogP contribution in [0.3, 0.4) is 0 Å². The average Bonchev–Trinajstić information content (AvgIpc) is 2.29. The van der Waals surface area contributed by atoms with Crippen molar-refractivity contribution in [3.05, 3.63) is 0 Å². The summed E-state index contributed by atoms with van der Waals surface area (Å²) in [5.41, 5.74) is 5.38. The number of hydrogen-bond acceptors (Lipinski definition) is 4. The second kappa shape index (κ2) is 6.76. The summed E-state index contributed by atoms with van der Waals surface area (Å²) in [6.07, 6.45) is 0.904. The second-order valence-electron chi connectivity index (χ2n) is 3.76. The highest BCUT2D eigenvalue weighted by atomic mass is 16.5. The molecule has 0 aromatic carbocycles. The Labute approximate surface area is 90.9 Å². The molecule has 1 rings (SSSR count). The van der Waals surface area contributed by atoms with Gasteiger partial charge in [0.05, 0.1) is 19.3 Å². The Bertz CT molecular complexity index is 193. The van der Waals surface area contributed by atoms with Gasteiger partial charge >= 0.3 is 0 Å². The van der Waals surface area contributed by atoms with E-state index in [1.54, 1.807) is 0 Å². The maximum absolute atomic E-state index is 11.9. The largest absolute Gasteiger partial charge is 0.378 e. The van der Waals surface area contributed by atoms with Crippen LogP contribution in [0.1, 0.15) is 13.3 Å². The molecule has 88 valence electrons. The van der Waals surface area contributed by atoms with Crippen LogP contribution in [0, 0.1) is 0 Å². The van der Waals surface area contributed by atoms with Crippen LogP contribution in [0.2, 0.25) is 0 Å². The van der Waals surface area contributed by atoms with Crippen LogP contribution in [0.4, 0.5) is 0 Å². The number of nitrogens with two attached hydrogens (primary N) is 1. The van der Waals surface area contributed by atoms with Gasteiger partial charge in [-0.05, 0) is 26.4 Å². The molecule has 1 unspecified atom stereocenters. The zero-order valence-corrected chi connectivity index (χ0v) is 9.37. The van der Waals surface area contributed by atoms with Gasteiger partial charge in [0, 0.05) is 13.1 Å². The third-order valence-corrected chi connectivity index (χ3v) is 2.52. The van der Waals surface area contributed by atoms with E-state index in [-0.39, 0.29) is 11.9 Å². The number of carbonyl (C=O) groups excluding carboxylic acids is 1. The van der Waals surface area contributed by atoms with E-state index in [1.165, 1.54) is 0 Å². The van der Waals surface area contributed by atoms with Crippen molar-refractivity contribution in [2.24, 2.45) is 5.73 Å². The maximum atomic E-state index is 11.9. The molecule has 1 saturated heterocycles. The van der Waals surface area contributed by atoms with Crippen molar-refractivity contribution >= 4 is 5.91 Å². The van der Waals surface area contributed by atoms with Crippen LogP contribution in [-0.2, 0) is 9.53 Å². The molecule has 1 aliphatic heterocycles. The van der Waals surface area contributed by atoms with E-state index in [0.29, 0.717) is 32.8 Å². The molecule has 1 amide bonds. The van der Waals surface area contributed by atoms with Gasteiger partial charge in [-0.2, -0.15) is 0 Å². The van der Waals surface area contributed by atoms with Crippen LogP contribution >= 0.6 is 0 Å². The highest BCUT2D eigenvalue weighted by molar-refractivity contribution is 5.81. The van der Waals surface area contributed by atoms with E-state index in [0.717, 1.165) is 13.0 Å². The summed E-state index contributed by atoms with van der Waals surface area (Å²) in [4.78, 5) is 13.7. The van der Waals surface area contributed by atoms with E-state index >= 15 is 0 Å². The van der Waals surface area contributed by atoms with Crippen molar-refractivity contribution in [2.75, 3.05) is 39.4 Å². The van der Waals surface area contributed by atoms with Crippen molar-refractivity contribution in [2.45, 2.75) is 19.4 Å². The maximum Gasteiger partial charge on any atom is 0.239 e. The number of amides is 1. The molecule has 0 bridgehead atoms. The van der Waals surface area contributed by atoms with Gasteiger partial charge < -0.3 is 20.7 Å². The molecule has 1 aliphatic rings. The molecule has 5 heteroatoms. The average molecular weight is 215 g/mol. The molecule has 3 N–H and O–H groups in total. The van der Waals surface area contributed by atoms with E-state index in [9.17, 15) is 4.79 Å². The van der Waals surface area contributed by atoms with E-state index < -0.39 is 0 Å². The molecule has 1 atom stereocenters. The lowest BCUT2D eigenvalue weighted by Gasteiger charge is -2.29. The first kappa shape index (κ1) is 12.4. The van der Waals surface area contributed by atoms with Gasteiger partial charge in [-0.25, -0.2) is 0 Å². The lowest BCUT2D eigenvalue weighted by atomic mass is 10.2. The molecule has 0 aliphatic carbocycles. The summed E-state index contributed by atoms with van der Waals surface area (Å²) < 4.78 is 5.20. The Balaban J connectivity index is 2.24. The predicted molar refractivity (Wildman–Crippen MR) is 58.5 cm³/mol. The Morgan fingerprint density at radius 2 is 2.20 bits per heavy atom. The van der Waals surface area contributed by atoms with Crippen LogP contribution in [0.5, 0.6) is 0 Å². The topological polar surface area (TPSA) is 67.6 Å². The van der Waals surface area contributed by atoms with Gasteiger partial charge in [-0.15, -0.1) is 0 Å². The molecule has 5 nitrogen and oxygen atoms in total. The number of nitrogens with zero attached hydrogens (tertiary/aromatic N) is 1. The van der Waals surface area contributed by atoms with Crippen LogP contribution < -0.4 is 11.1 Å². The summed E-state index contributed by atoms with van der Waals surface area (Å²) in [5.74, 6) is 0.162. The number of nitrogens with one attached hydrogen (secondary N) is 1. The summed E-state index contributed by atoms with van der Waals surface area (Å²) in [6, 6.07) is -0.116. The highest BCUT2D eigenvalue weighted by Gasteiger charge is 2.21. The predicted octanol–water partition coefficient (Wildman–Crippen LogP) is -0.828. The third-order valence-electron chi connectivity index (χ3n) is 2.52. The Morgan fingerprint density at radius 1 is 1.53 bits per heavy atom. The van der Waals surface area contributed by atoms with Crippen molar-refractivity contribution in [1.29, 1.82) is 0 Å². The van der Waals surface area contributed by atoms with E-state index in [4.69, 9.17) is 10.5 Å². The zero-order valence-electron chi connectivity index (χ0n) is 9.37. The summed E-state index contributed by atoms with van der Waals surface area (Å²) >= 11 is 0. The van der Waals surface area contributed by atoms with Crippen LogP contribution in [-0.4, -0.2) is 56.2 Å². The molecule has 0 aromatic rings. The number of carbonyl (C=O) groups is 1. The molecule has 15 heavy (non-hydrogen) atoms. The van der Waals surface area contributed by atoms with Gasteiger partial charge in [0.25, 0.3) is 0 Å². The normalized spacial score (nSPS) is 18.9. The Hall–Kier alpha value is -0.650. The Morgan fingerprint density at radius 3 is 2.80 bits per heavy atom. The fourth-order valence-corrected chi connectivity index (χ4v) is 1.57. The first-order valence-electron chi connectivity index (χ1n) is 5.55. The smallest absolute Gasteiger partial charge is 0.239 e. The summed E-state index contributed by atoms with van der Waals surface area (Å²) in [7, 11) is 0. The minimum Gasteiger partial charge on any atom is -0.378 e. The molecular weight excluding hydrogens is 194 g/mol. The lowest BCUT2D eigenvalue weighted by Crippen LogP contribution is -2.49. The third kappa shape index (κ3) is 4.15. The second-order valence-corrected chi connectivity index (χ2v) is 3.76. The van der Waals surface area contributed by atoms with Gasteiger partial charge in [-0.3, -0.25) is 4.79 Å². The summed E-state index contributed by atoms with van der Waals surface area (Å²) in [5, 5.41) is 3.17. The van der Waals surface area contributed by atoms with Crippen molar-refractivity contribution < 1.29 is 9.53 Å². The highest BCUT2D eigenvalue weighted by Crippen LogP contribution is 2.00. The standard InChI is InChI=1S/C10H21N3O2/c1-9(12-4-2-3-11)10(14)13-5-7-15-8-6-13/h9,12H,2-8,11H2,1H3. The molecule has 0 saturated carbocycles. The van der Waals surface area contributed by atoms with Gasteiger partial charge in [0.15, 0.2) is 0 Å². The first-order valence-corrected chi connectivity index (χ1v) is 5.55. The zero-order chi connectivity index (χ0) is 11.1. The molecule has 1 fully saturated rings. The van der Waals surface area contributed by atoms with E-state index in [2.05, 4.69) is 5.32 Å². The van der Waals surface area contributed by atoms with Crippen LogP contribution in [0.15, 0.2) is 0 Å². The number of hydrogen-bond donors (Lipinski definition) is 2. The fraction of sp³-hybridized carbons (Fsp3) is 0.900. The minimum atomic E-state index is -0.116. The lowest BCUT2D eigenvalue weighted by molar-refractivity contribution is -0.137. The number of rotatable bonds is 5. The molecule has 0 radical (unpaired) electrons. The number of morpholine rings is 1. The number of ether oxygens (including phenoxy) is 1. The minimum absolute atomic E-state index is 0.116. The van der Waals surface area contributed by atoms with Crippen molar-refractivity contribution in [3.8, 4) is 0 Å².